The van der Waals surface area contributed by atoms with Crippen LogP contribution in [0.2, 0.25) is 0 Å². The minimum absolute atomic E-state index is 0.138. The maximum absolute atomic E-state index is 5.60. The molecule has 5 nitrogen and oxygen atoms in total. The first-order valence-corrected chi connectivity index (χ1v) is 8.27. The molecule has 1 N–H and O–H groups in total. The van der Waals surface area contributed by atoms with E-state index in [-0.39, 0.29) is 6.10 Å². The van der Waals surface area contributed by atoms with E-state index in [1.54, 1.807) is 12.4 Å². The molecule has 3 rings (SSSR count). The molecule has 0 saturated carbocycles. The van der Waals surface area contributed by atoms with Crippen molar-refractivity contribution in [3.8, 4) is 17.1 Å². The molecule has 0 bridgehead atoms. The van der Waals surface area contributed by atoms with Gasteiger partial charge < -0.3 is 10.1 Å². The van der Waals surface area contributed by atoms with Crippen molar-refractivity contribution < 1.29 is 4.74 Å². The fraction of sp³-hybridized carbons (Fsp3) is 0.235. The van der Waals surface area contributed by atoms with Crippen molar-refractivity contribution in [2.45, 2.75) is 26.9 Å². The highest BCUT2D eigenvalue weighted by atomic mass is 32.1. The summed E-state index contributed by atoms with van der Waals surface area (Å²) in [6.45, 7) is 6.00. The predicted octanol–water partition coefficient (Wildman–Crippen LogP) is 4.44. The molecule has 0 unspecified atom stereocenters. The number of aryl methyl sites for hydroxylation is 1. The number of hydrogen-bond donors (Lipinski definition) is 1. The quantitative estimate of drug-likeness (QED) is 0.751. The van der Waals surface area contributed by atoms with Gasteiger partial charge in [0.2, 0.25) is 0 Å². The van der Waals surface area contributed by atoms with E-state index in [0.717, 1.165) is 33.7 Å². The zero-order valence-electron chi connectivity index (χ0n) is 13.3. The molecule has 23 heavy (non-hydrogen) atoms. The fourth-order valence-electron chi connectivity index (χ4n) is 2.04. The highest BCUT2D eigenvalue weighted by molar-refractivity contribution is 7.14. The van der Waals surface area contributed by atoms with Crippen LogP contribution >= 0.6 is 11.3 Å². The van der Waals surface area contributed by atoms with Crippen LogP contribution in [0.3, 0.4) is 0 Å². The second-order valence-electron chi connectivity index (χ2n) is 5.38. The molecule has 0 aliphatic heterocycles. The summed E-state index contributed by atoms with van der Waals surface area (Å²) in [4.78, 5) is 13.3. The van der Waals surface area contributed by atoms with Crippen molar-refractivity contribution in [3.05, 3.63) is 47.6 Å². The molecule has 0 atom stereocenters. The molecule has 0 aromatic carbocycles. The van der Waals surface area contributed by atoms with Gasteiger partial charge in [-0.2, -0.15) is 0 Å². The third-order valence-electron chi connectivity index (χ3n) is 3.11. The van der Waals surface area contributed by atoms with E-state index >= 15 is 0 Å². The van der Waals surface area contributed by atoms with E-state index in [9.17, 15) is 0 Å². The van der Waals surface area contributed by atoms with E-state index < -0.39 is 0 Å². The van der Waals surface area contributed by atoms with Gasteiger partial charge in [-0.3, -0.25) is 4.98 Å². The van der Waals surface area contributed by atoms with Crippen LogP contribution in [-0.2, 0) is 0 Å². The Bertz CT molecular complexity index is 783. The topological polar surface area (TPSA) is 59.9 Å². The summed E-state index contributed by atoms with van der Waals surface area (Å²) >= 11 is 1.53. The second-order valence-corrected chi connectivity index (χ2v) is 6.24. The van der Waals surface area contributed by atoms with Gasteiger partial charge in [-0.25, -0.2) is 9.97 Å². The highest BCUT2D eigenvalue weighted by Gasteiger charge is 2.08. The SMILES string of the molecule is Cc1cccnc1Nc1nc(-c2ccc(OC(C)C)cn2)cs1. The van der Waals surface area contributed by atoms with Gasteiger partial charge in [-0.15, -0.1) is 11.3 Å². The molecule has 0 aliphatic carbocycles. The lowest BCUT2D eigenvalue weighted by Crippen LogP contribution is -2.05. The number of anilines is 2. The van der Waals surface area contributed by atoms with Gasteiger partial charge in [-0.05, 0) is 44.5 Å². The maximum Gasteiger partial charge on any atom is 0.188 e. The number of aromatic nitrogens is 3. The summed E-state index contributed by atoms with van der Waals surface area (Å²) in [7, 11) is 0. The molecule has 3 heterocycles. The van der Waals surface area contributed by atoms with Gasteiger partial charge in [-0.1, -0.05) is 6.07 Å². The van der Waals surface area contributed by atoms with E-state index in [4.69, 9.17) is 4.74 Å². The van der Waals surface area contributed by atoms with Crippen molar-refractivity contribution in [2.24, 2.45) is 0 Å². The van der Waals surface area contributed by atoms with Crippen molar-refractivity contribution >= 4 is 22.3 Å². The average Bonchev–Trinajstić information content (AvgIpc) is 2.98. The van der Waals surface area contributed by atoms with Crippen LogP contribution < -0.4 is 10.1 Å². The smallest absolute Gasteiger partial charge is 0.188 e. The minimum Gasteiger partial charge on any atom is -0.489 e. The lowest BCUT2D eigenvalue weighted by molar-refractivity contribution is 0.241. The Morgan fingerprint density at radius 3 is 2.70 bits per heavy atom. The van der Waals surface area contributed by atoms with E-state index in [1.807, 2.05) is 50.4 Å². The summed E-state index contributed by atoms with van der Waals surface area (Å²) in [5.74, 6) is 1.59. The highest BCUT2D eigenvalue weighted by Crippen LogP contribution is 2.27. The summed E-state index contributed by atoms with van der Waals surface area (Å²) in [5, 5.41) is 6.02. The second kappa shape index (κ2) is 6.75. The molecule has 0 radical (unpaired) electrons. The van der Waals surface area contributed by atoms with Gasteiger partial charge in [0.25, 0.3) is 0 Å². The minimum atomic E-state index is 0.138. The van der Waals surface area contributed by atoms with E-state index in [1.165, 1.54) is 11.3 Å². The van der Waals surface area contributed by atoms with Crippen LogP contribution in [0.25, 0.3) is 11.4 Å². The van der Waals surface area contributed by atoms with Crippen LogP contribution in [0.15, 0.2) is 42.0 Å². The molecule has 0 amide bonds. The number of nitrogens with zero attached hydrogens (tertiary/aromatic N) is 3. The van der Waals surface area contributed by atoms with Crippen LogP contribution in [0.1, 0.15) is 19.4 Å². The number of hydrogen-bond acceptors (Lipinski definition) is 6. The van der Waals surface area contributed by atoms with E-state index in [2.05, 4.69) is 20.3 Å². The predicted molar refractivity (Wildman–Crippen MR) is 93.4 cm³/mol. The molecule has 0 saturated heterocycles. The number of rotatable bonds is 5. The number of ether oxygens (including phenoxy) is 1. The molecule has 3 aromatic rings. The van der Waals surface area contributed by atoms with Gasteiger partial charge in [0.15, 0.2) is 5.13 Å². The molecule has 6 heteroatoms. The molecule has 0 aliphatic rings. The molecule has 3 aromatic heterocycles. The molecular weight excluding hydrogens is 308 g/mol. The average molecular weight is 326 g/mol. The first kappa shape index (κ1) is 15.4. The third kappa shape index (κ3) is 3.84. The Labute approximate surface area is 139 Å². The lowest BCUT2D eigenvalue weighted by Gasteiger charge is -2.08. The Kier molecular flexibility index (Phi) is 4.52. The van der Waals surface area contributed by atoms with Crippen molar-refractivity contribution in [3.63, 3.8) is 0 Å². The normalized spacial score (nSPS) is 10.8. The van der Waals surface area contributed by atoms with Crippen LogP contribution in [0.5, 0.6) is 5.75 Å². The van der Waals surface area contributed by atoms with E-state index in [0.29, 0.717) is 0 Å². The Morgan fingerprint density at radius 2 is 2.00 bits per heavy atom. The number of thiazole rings is 1. The number of pyridine rings is 2. The maximum atomic E-state index is 5.60. The Hall–Kier alpha value is -2.47. The van der Waals surface area contributed by atoms with Crippen LogP contribution in [-0.4, -0.2) is 21.1 Å². The summed E-state index contributed by atoms with van der Waals surface area (Å²) < 4.78 is 5.60. The summed E-state index contributed by atoms with van der Waals surface area (Å²) in [5.41, 5.74) is 2.74. The summed E-state index contributed by atoms with van der Waals surface area (Å²) in [6, 6.07) is 7.76. The zero-order valence-corrected chi connectivity index (χ0v) is 14.1. The third-order valence-corrected chi connectivity index (χ3v) is 3.87. The molecule has 0 spiro atoms. The van der Waals surface area contributed by atoms with Crippen molar-refractivity contribution in [1.82, 2.24) is 15.0 Å². The first-order valence-electron chi connectivity index (χ1n) is 7.39. The van der Waals surface area contributed by atoms with Crippen molar-refractivity contribution in [2.75, 3.05) is 5.32 Å². The largest absolute Gasteiger partial charge is 0.489 e. The van der Waals surface area contributed by atoms with Crippen molar-refractivity contribution in [1.29, 1.82) is 0 Å². The fourth-order valence-corrected chi connectivity index (χ4v) is 2.74. The zero-order chi connectivity index (χ0) is 16.2. The van der Waals surface area contributed by atoms with Gasteiger partial charge in [0.05, 0.1) is 18.0 Å². The van der Waals surface area contributed by atoms with Gasteiger partial charge in [0, 0.05) is 11.6 Å². The Balaban J connectivity index is 1.75. The standard InChI is InChI=1S/C17H18N4OS/c1-11(2)22-13-6-7-14(19-9-13)15-10-23-17(20-15)21-16-12(3)5-4-8-18-16/h4-11H,1-3H3,(H,18,20,21). The Morgan fingerprint density at radius 1 is 1.13 bits per heavy atom. The molecule has 118 valence electrons. The first-order chi connectivity index (χ1) is 11.1. The van der Waals surface area contributed by atoms with Crippen LogP contribution in [0, 0.1) is 6.92 Å². The van der Waals surface area contributed by atoms with Gasteiger partial charge in [0.1, 0.15) is 17.3 Å². The lowest BCUT2D eigenvalue weighted by atomic mass is 10.3. The van der Waals surface area contributed by atoms with Gasteiger partial charge >= 0.3 is 0 Å². The monoisotopic (exact) mass is 326 g/mol. The number of nitrogens with one attached hydrogen (secondary N) is 1. The molecular formula is C17H18N4OS. The summed E-state index contributed by atoms with van der Waals surface area (Å²) in [6.07, 6.45) is 3.63. The van der Waals surface area contributed by atoms with Crippen LogP contribution in [0.4, 0.5) is 10.9 Å². The molecule has 0 fully saturated rings.